The second kappa shape index (κ2) is 9.82. The van der Waals surface area contributed by atoms with Gasteiger partial charge < -0.3 is 23.8 Å². The van der Waals surface area contributed by atoms with Crippen molar-refractivity contribution in [3.63, 3.8) is 0 Å². The molecule has 0 spiro atoms. The first-order chi connectivity index (χ1) is 19.6. The number of hydrogen-bond acceptors (Lipinski definition) is 6. The van der Waals surface area contributed by atoms with Crippen molar-refractivity contribution in [3.05, 3.63) is 99.4 Å². The first-order valence-electron chi connectivity index (χ1n) is 13.1. The van der Waals surface area contributed by atoms with Crippen LogP contribution in [-0.2, 0) is 7.05 Å². The smallest absolute Gasteiger partial charge is 0.395 e. The van der Waals surface area contributed by atoms with Gasteiger partial charge in [0.05, 0.1) is 17.2 Å². The van der Waals surface area contributed by atoms with Gasteiger partial charge in [-0.15, -0.1) is 13.8 Å². The van der Waals surface area contributed by atoms with E-state index in [4.69, 9.17) is 16.0 Å². The minimum absolute atomic E-state index is 0.0532. The number of piperazine rings is 1. The zero-order valence-electron chi connectivity index (χ0n) is 22.5. The highest BCUT2D eigenvalue weighted by atomic mass is 19.3. The van der Waals surface area contributed by atoms with E-state index in [1.165, 1.54) is 28.8 Å². The van der Waals surface area contributed by atoms with Crippen molar-refractivity contribution >= 4 is 22.5 Å². The van der Waals surface area contributed by atoms with Crippen molar-refractivity contribution in [2.75, 3.05) is 18.0 Å². The van der Waals surface area contributed by atoms with Crippen LogP contribution in [0.4, 0.5) is 24.7 Å². The van der Waals surface area contributed by atoms with Gasteiger partial charge in [-0.3, -0.25) is 9.69 Å². The van der Waals surface area contributed by atoms with Gasteiger partial charge in [-0.05, 0) is 49.7 Å². The minimum atomic E-state index is -3.79. The number of hydrogen-bond donors (Lipinski definition) is 0. The second-order valence-electron chi connectivity index (χ2n) is 10.4. The summed E-state index contributed by atoms with van der Waals surface area (Å²) in [6.07, 6.45) is -3.79. The van der Waals surface area contributed by atoms with Crippen LogP contribution in [-0.4, -0.2) is 45.9 Å². The average Bonchev–Trinajstić information content (AvgIpc) is 3.28. The molecule has 6 rings (SSSR count). The molecule has 2 aliphatic heterocycles. The third kappa shape index (κ3) is 4.64. The summed E-state index contributed by atoms with van der Waals surface area (Å²) in [7, 11) is 1.67. The van der Waals surface area contributed by atoms with Gasteiger partial charge in [-0.25, -0.2) is 4.39 Å². The molecule has 2 aliphatic rings. The fourth-order valence-corrected chi connectivity index (χ4v) is 5.83. The molecule has 41 heavy (non-hydrogen) atoms. The van der Waals surface area contributed by atoms with Crippen LogP contribution < -0.4 is 19.9 Å². The molecular formula is C30H26F3N5O3. The van der Waals surface area contributed by atoms with Gasteiger partial charge in [-0.1, -0.05) is 30.8 Å². The van der Waals surface area contributed by atoms with E-state index < -0.39 is 18.2 Å². The lowest BCUT2D eigenvalue weighted by Crippen LogP contribution is -2.57. The molecule has 0 bridgehead atoms. The highest BCUT2D eigenvalue weighted by molar-refractivity contribution is 5.89. The van der Waals surface area contributed by atoms with E-state index in [0.29, 0.717) is 40.9 Å². The molecular weight excluding hydrogens is 535 g/mol. The predicted molar refractivity (Wildman–Crippen MR) is 147 cm³/mol. The van der Waals surface area contributed by atoms with Gasteiger partial charge >= 0.3 is 6.29 Å². The summed E-state index contributed by atoms with van der Waals surface area (Å²) in [4.78, 5) is 25.1. The maximum atomic E-state index is 14.1. The van der Waals surface area contributed by atoms with Crippen LogP contribution >= 0.6 is 0 Å². The summed E-state index contributed by atoms with van der Waals surface area (Å²) in [6.45, 7) is 12.4. The number of ether oxygens (including phenoxy) is 2. The molecule has 3 atom stereocenters. The normalized spacial score (nSPS) is 20.7. The molecule has 0 amide bonds. The largest absolute Gasteiger partial charge is 0.586 e. The first-order valence-corrected chi connectivity index (χ1v) is 13.1. The zero-order valence-corrected chi connectivity index (χ0v) is 22.5. The van der Waals surface area contributed by atoms with E-state index in [1.54, 1.807) is 43.4 Å². The van der Waals surface area contributed by atoms with Crippen LogP contribution in [0.5, 0.6) is 11.5 Å². The fourth-order valence-electron chi connectivity index (χ4n) is 5.83. The highest BCUT2D eigenvalue weighted by Crippen LogP contribution is 2.48. The van der Waals surface area contributed by atoms with Gasteiger partial charge in [0.2, 0.25) is 5.52 Å². The maximum Gasteiger partial charge on any atom is 0.586 e. The van der Waals surface area contributed by atoms with Crippen LogP contribution in [0.25, 0.3) is 15.9 Å². The molecule has 210 valence electrons. The van der Waals surface area contributed by atoms with Gasteiger partial charge in [-0.2, -0.15) is 0 Å². The molecule has 2 aromatic heterocycles. The summed E-state index contributed by atoms with van der Waals surface area (Å²) in [5.74, 6) is -0.299. The maximum absolute atomic E-state index is 14.1. The van der Waals surface area contributed by atoms with Crippen LogP contribution in [0.15, 0.2) is 65.5 Å². The predicted octanol–water partition coefficient (Wildman–Crippen LogP) is 5.63. The van der Waals surface area contributed by atoms with Gasteiger partial charge in [0.1, 0.15) is 5.82 Å². The Balaban J connectivity index is 1.42. The number of rotatable bonds is 4. The molecule has 1 saturated heterocycles. The van der Waals surface area contributed by atoms with E-state index in [2.05, 4.69) is 19.6 Å². The lowest BCUT2D eigenvalue weighted by molar-refractivity contribution is -0.287. The number of alkyl halides is 2. The molecule has 4 aromatic rings. The summed E-state index contributed by atoms with van der Waals surface area (Å²) in [5.41, 5.74) is 2.77. The molecule has 1 fully saturated rings. The zero-order chi connectivity index (χ0) is 29.1. The topological polar surface area (TPSA) is 64.2 Å². The molecule has 2 aromatic carbocycles. The number of anilines is 1. The van der Waals surface area contributed by atoms with Crippen molar-refractivity contribution in [3.8, 4) is 11.5 Å². The number of aromatic nitrogens is 2. The monoisotopic (exact) mass is 561 g/mol. The van der Waals surface area contributed by atoms with E-state index in [9.17, 15) is 18.0 Å². The Hall–Kier alpha value is -4.56. The van der Waals surface area contributed by atoms with Crippen molar-refractivity contribution in [1.82, 2.24) is 14.5 Å². The Morgan fingerprint density at radius 1 is 1.05 bits per heavy atom. The highest BCUT2D eigenvalue weighted by Gasteiger charge is 2.46. The number of aryl methyl sites for hydroxylation is 1. The Labute approximate surface area is 234 Å². The first kappa shape index (κ1) is 26.7. The summed E-state index contributed by atoms with van der Waals surface area (Å²) in [5, 5.41) is 0. The van der Waals surface area contributed by atoms with Gasteiger partial charge in [0, 0.05) is 43.9 Å². The van der Waals surface area contributed by atoms with E-state index in [-0.39, 0.29) is 35.0 Å². The van der Waals surface area contributed by atoms with E-state index in [1.807, 2.05) is 13.8 Å². The van der Waals surface area contributed by atoms with Crippen molar-refractivity contribution < 1.29 is 22.6 Å². The number of benzene rings is 2. The molecule has 0 aliphatic carbocycles. The molecule has 4 heterocycles. The fraction of sp³-hybridized carbons (Fsp3) is 0.300. The summed E-state index contributed by atoms with van der Waals surface area (Å²) < 4.78 is 53.4. The standard InChI is InChI=1S/C30H26F3N5O3/c1-17-16-38(18(2)15-37(17)23-14-26(39)36(4)22-12-13-25(34-3)35-27(22)23)28(19-8-10-20(31)11-9-19)21-6-5-7-24-29(21)41-30(32,33)40-24/h5-14,17-18,28H,15-16H2,1-2,4H3/t17-,18+,28?/m0/s1. The number of nitrogens with zero attached hydrogens (tertiary/aromatic N) is 5. The number of halogens is 3. The summed E-state index contributed by atoms with van der Waals surface area (Å²) in [6, 6.07) is 14.7. The SMILES string of the molecule is [C-]#[N+]c1ccc2c(n1)c(N1C[C@@H](C)N(C(c3ccc(F)cc3)c3cccc4c3OC(F)(F)O4)C[C@@H]1C)cc(=O)n2C. The number of para-hydroxylation sites is 1. The molecule has 0 N–H and O–H groups in total. The Bertz CT molecular complexity index is 1750. The molecule has 8 nitrogen and oxygen atoms in total. The molecule has 0 saturated carbocycles. The van der Waals surface area contributed by atoms with Crippen molar-refractivity contribution in [1.29, 1.82) is 0 Å². The third-order valence-corrected chi connectivity index (χ3v) is 7.78. The van der Waals surface area contributed by atoms with Crippen LogP contribution in [0.3, 0.4) is 0 Å². The van der Waals surface area contributed by atoms with E-state index in [0.717, 1.165) is 0 Å². The van der Waals surface area contributed by atoms with Crippen LogP contribution in [0.1, 0.15) is 31.0 Å². The van der Waals surface area contributed by atoms with E-state index >= 15 is 0 Å². The minimum Gasteiger partial charge on any atom is -0.395 e. The molecule has 0 radical (unpaired) electrons. The van der Waals surface area contributed by atoms with Crippen LogP contribution in [0, 0.1) is 12.4 Å². The van der Waals surface area contributed by atoms with Crippen molar-refractivity contribution in [2.45, 2.75) is 38.3 Å². The number of fused-ring (bicyclic) bond motifs is 2. The van der Waals surface area contributed by atoms with Crippen LogP contribution in [0.2, 0.25) is 0 Å². The quantitative estimate of drug-likeness (QED) is 0.301. The van der Waals surface area contributed by atoms with Gasteiger partial charge in [0.15, 0.2) is 11.5 Å². The third-order valence-electron chi connectivity index (χ3n) is 7.78. The Kier molecular flexibility index (Phi) is 6.38. The molecule has 11 heteroatoms. The van der Waals surface area contributed by atoms with Crippen molar-refractivity contribution in [2.24, 2.45) is 7.05 Å². The Morgan fingerprint density at radius 3 is 2.54 bits per heavy atom. The van der Waals surface area contributed by atoms with Gasteiger partial charge in [0.25, 0.3) is 11.4 Å². The second-order valence-corrected chi connectivity index (χ2v) is 10.4. The summed E-state index contributed by atoms with van der Waals surface area (Å²) >= 11 is 0. The Morgan fingerprint density at radius 2 is 1.80 bits per heavy atom. The lowest BCUT2D eigenvalue weighted by atomic mass is 9.92. The average molecular weight is 562 g/mol. The number of pyridine rings is 2. The lowest BCUT2D eigenvalue weighted by Gasteiger charge is -2.48. The molecule has 1 unspecified atom stereocenters.